The summed E-state index contributed by atoms with van der Waals surface area (Å²) in [5, 5.41) is 7.55. The Kier molecular flexibility index (Phi) is 6.71. The molecule has 0 radical (unpaired) electrons. The first-order chi connectivity index (χ1) is 16.1. The molecular formula is C24H31F3N6O. The minimum Gasteiger partial charge on any atom is -0.365 e. The van der Waals surface area contributed by atoms with Gasteiger partial charge in [0.2, 0.25) is 0 Å². The summed E-state index contributed by atoms with van der Waals surface area (Å²) in [5.41, 5.74) is 5.42. The average molecular weight is 477 g/mol. The molecule has 2 aromatic rings. The molecule has 1 aliphatic carbocycles. The number of carbonyl (C=O) groups is 1. The van der Waals surface area contributed by atoms with Gasteiger partial charge >= 0.3 is 6.18 Å². The summed E-state index contributed by atoms with van der Waals surface area (Å²) in [6.07, 6.45) is 3.22. The maximum absolute atomic E-state index is 12.9. The van der Waals surface area contributed by atoms with Crippen LogP contribution in [0.5, 0.6) is 0 Å². The molecule has 1 aromatic carbocycles. The van der Waals surface area contributed by atoms with Crippen molar-refractivity contribution in [3.8, 4) is 0 Å². The first kappa shape index (κ1) is 24.3. The van der Waals surface area contributed by atoms with Gasteiger partial charge in [-0.05, 0) is 63.8 Å². The van der Waals surface area contributed by atoms with Gasteiger partial charge in [0.05, 0.1) is 11.6 Å². The number of carbonyl (C=O) groups excluding carboxylic acids is 1. The molecule has 2 fully saturated rings. The summed E-state index contributed by atoms with van der Waals surface area (Å²) in [4.78, 5) is 19.0. The van der Waals surface area contributed by atoms with E-state index >= 15 is 0 Å². The smallest absolute Gasteiger partial charge is 0.365 e. The number of hydrogen-bond acceptors (Lipinski definition) is 5. The molecule has 1 amide bonds. The van der Waals surface area contributed by atoms with Crippen molar-refractivity contribution in [1.82, 2.24) is 14.7 Å². The third-order valence-electron chi connectivity index (χ3n) is 7.11. The van der Waals surface area contributed by atoms with E-state index in [1.165, 1.54) is 18.6 Å². The van der Waals surface area contributed by atoms with Gasteiger partial charge in [-0.25, -0.2) is 0 Å². The van der Waals surface area contributed by atoms with E-state index in [0.717, 1.165) is 31.4 Å². The molecule has 1 saturated carbocycles. The predicted molar refractivity (Wildman–Crippen MR) is 125 cm³/mol. The summed E-state index contributed by atoms with van der Waals surface area (Å²) in [6, 6.07) is 6.23. The molecule has 3 N–H and O–H groups in total. The largest absolute Gasteiger partial charge is 0.416 e. The number of nitrogens with one attached hydrogen (secondary N) is 1. The summed E-state index contributed by atoms with van der Waals surface area (Å²) in [7, 11) is 1.76. The Morgan fingerprint density at radius 1 is 1.18 bits per heavy atom. The van der Waals surface area contributed by atoms with Crippen LogP contribution in [0, 0.1) is 5.92 Å². The summed E-state index contributed by atoms with van der Waals surface area (Å²) in [6.45, 7) is 4.53. The number of alkyl halides is 3. The molecule has 7 nitrogen and oxygen atoms in total. The van der Waals surface area contributed by atoms with E-state index < -0.39 is 17.6 Å². The molecule has 1 aliphatic heterocycles. The number of nitrogens with two attached hydrogens (primary N) is 1. The van der Waals surface area contributed by atoms with E-state index in [4.69, 9.17) is 5.73 Å². The van der Waals surface area contributed by atoms with Crippen molar-refractivity contribution in [3.63, 3.8) is 0 Å². The molecule has 0 bridgehead atoms. The summed E-state index contributed by atoms with van der Waals surface area (Å²) < 4.78 is 40.3. The van der Waals surface area contributed by atoms with Crippen molar-refractivity contribution >= 4 is 23.6 Å². The third kappa shape index (κ3) is 4.82. The zero-order valence-corrected chi connectivity index (χ0v) is 19.6. The molecule has 2 heterocycles. The number of benzene rings is 1. The fourth-order valence-electron chi connectivity index (χ4n) is 5.58. The van der Waals surface area contributed by atoms with Crippen molar-refractivity contribution in [1.29, 1.82) is 0 Å². The molecule has 5 atom stereocenters. The van der Waals surface area contributed by atoms with E-state index in [1.807, 2.05) is 6.21 Å². The van der Waals surface area contributed by atoms with Gasteiger partial charge in [0, 0.05) is 49.2 Å². The SMILES string of the molecule is C/N=C\[C@H]1C[C@@H](N2[C@H](C)C[C@H]2C)CC[C@@H]1n1cc(C(N)=O)c(Nc2ccc(C(F)(F)F)cc2)n1. The number of rotatable bonds is 6. The molecule has 0 spiro atoms. The molecule has 1 aromatic heterocycles. The lowest BCUT2D eigenvalue weighted by molar-refractivity contribution is -0.137. The number of primary amides is 1. The van der Waals surface area contributed by atoms with Crippen molar-refractivity contribution in [3.05, 3.63) is 41.6 Å². The van der Waals surface area contributed by atoms with Crippen LogP contribution >= 0.6 is 0 Å². The Morgan fingerprint density at radius 3 is 2.41 bits per heavy atom. The Balaban J connectivity index is 1.56. The highest BCUT2D eigenvalue weighted by Gasteiger charge is 2.42. The van der Waals surface area contributed by atoms with Crippen LogP contribution in [0.2, 0.25) is 0 Å². The lowest BCUT2D eigenvalue weighted by atomic mass is 9.78. The van der Waals surface area contributed by atoms with Gasteiger partial charge in [-0.1, -0.05) is 0 Å². The van der Waals surface area contributed by atoms with Crippen LogP contribution in [0.15, 0.2) is 35.5 Å². The maximum Gasteiger partial charge on any atom is 0.416 e. The zero-order valence-electron chi connectivity index (χ0n) is 19.6. The first-order valence-corrected chi connectivity index (χ1v) is 11.6. The summed E-state index contributed by atoms with van der Waals surface area (Å²) >= 11 is 0. The molecule has 184 valence electrons. The van der Waals surface area contributed by atoms with E-state index in [0.29, 0.717) is 23.8 Å². The number of nitrogens with zero attached hydrogens (tertiary/aromatic N) is 4. The minimum absolute atomic E-state index is 0.00749. The number of aromatic nitrogens is 2. The van der Waals surface area contributed by atoms with Crippen molar-refractivity contribution in [2.45, 2.75) is 69.9 Å². The number of amides is 1. The monoisotopic (exact) mass is 476 g/mol. The van der Waals surface area contributed by atoms with E-state index in [2.05, 4.69) is 34.2 Å². The lowest BCUT2D eigenvalue weighted by Crippen LogP contribution is -2.59. The highest BCUT2D eigenvalue weighted by atomic mass is 19.4. The Labute approximate surface area is 197 Å². The molecule has 4 rings (SSSR count). The lowest BCUT2D eigenvalue weighted by Gasteiger charge is -2.53. The zero-order chi connectivity index (χ0) is 24.6. The van der Waals surface area contributed by atoms with Crippen molar-refractivity contribution < 1.29 is 18.0 Å². The number of halogens is 3. The Hall–Kier alpha value is -2.88. The summed E-state index contributed by atoms with van der Waals surface area (Å²) in [5.74, 6) is -0.284. The Bertz CT molecular complexity index is 1040. The van der Waals surface area contributed by atoms with Gasteiger partial charge < -0.3 is 16.0 Å². The van der Waals surface area contributed by atoms with Gasteiger partial charge in [0.25, 0.3) is 5.91 Å². The molecule has 0 unspecified atom stereocenters. The van der Waals surface area contributed by atoms with E-state index in [9.17, 15) is 18.0 Å². The quantitative estimate of drug-likeness (QED) is 0.595. The molecule has 34 heavy (non-hydrogen) atoms. The standard InChI is InChI=1S/C24H31F3N6O/c1-14-10-15(2)33(14)19-8-9-21(16(11-19)12-29-3)32-13-20(22(28)34)23(31-32)30-18-6-4-17(5-7-18)24(25,26)27/h4-7,12-16,19,21H,8-11H2,1-3H3,(H2,28,34)(H,30,31)/b29-12-/t14-,15-,16-,19+,21+/m1/s1. The first-order valence-electron chi connectivity index (χ1n) is 11.6. The highest BCUT2D eigenvalue weighted by molar-refractivity contribution is 5.98. The Morgan fingerprint density at radius 2 is 1.85 bits per heavy atom. The minimum atomic E-state index is -4.42. The van der Waals surface area contributed by atoms with Crippen LogP contribution in [0.25, 0.3) is 0 Å². The third-order valence-corrected chi connectivity index (χ3v) is 7.11. The van der Waals surface area contributed by atoms with Crippen LogP contribution in [-0.2, 0) is 6.18 Å². The van der Waals surface area contributed by atoms with Gasteiger partial charge in [-0.3, -0.25) is 14.4 Å². The highest BCUT2D eigenvalue weighted by Crippen LogP contribution is 2.40. The van der Waals surface area contributed by atoms with Crippen LogP contribution in [0.3, 0.4) is 0 Å². The van der Waals surface area contributed by atoms with E-state index in [1.54, 1.807) is 17.9 Å². The van der Waals surface area contributed by atoms with Crippen LogP contribution in [-0.4, -0.2) is 52.0 Å². The van der Waals surface area contributed by atoms with Gasteiger partial charge in [-0.2, -0.15) is 18.3 Å². The van der Waals surface area contributed by atoms with Crippen molar-refractivity contribution in [2.75, 3.05) is 12.4 Å². The molecule has 2 aliphatic rings. The molecule has 10 heteroatoms. The molecule has 1 saturated heterocycles. The fourth-order valence-corrected chi connectivity index (χ4v) is 5.58. The van der Waals surface area contributed by atoms with Crippen LogP contribution < -0.4 is 11.1 Å². The molecular weight excluding hydrogens is 445 g/mol. The topological polar surface area (TPSA) is 88.5 Å². The number of likely N-dealkylation sites (tertiary alicyclic amines) is 1. The normalized spacial score (nSPS) is 28.1. The average Bonchev–Trinajstić information content (AvgIpc) is 3.17. The second-order valence-corrected chi connectivity index (χ2v) is 9.42. The van der Waals surface area contributed by atoms with Crippen LogP contribution in [0.4, 0.5) is 24.7 Å². The van der Waals surface area contributed by atoms with Gasteiger partial charge in [0.15, 0.2) is 5.82 Å². The maximum atomic E-state index is 12.9. The number of hydrogen-bond donors (Lipinski definition) is 2. The second-order valence-electron chi connectivity index (χ2n) is 9.42. The van der Waals surface area contributed by atoms with Gasteiger partial charge in [-0.15, -0.1) is 0 Å². The van der Waals surface area contributed by atoms with Gasteiger partial charge in [0.1, 0.15) is 5.56 Å². The second kappa shape index (κ2) is 9.40. The fraction of sp³-hybridized carbons (Fsp3) is 0.542. The van der Waals surface area contributed by atoms with E-state index in [-0.39, 0.29) is 23.3 Å². The number of aliphatic imine (C=N–C) groups is 1. The van der Waals surface area contributed by atoms with Crippen molar-refractivity contribution in [2.24, 2.45) is 16.6 Å². The number of anilines is 2. The van der Waals surface area contributed by atoms with Crippen LogP contribution in [0.1, 0.15) is 61.5 Å². The predicted octanol–water partition coefficient (Wildman–Crippen LogP) is 4.64.